The molecule has 0 unspecified atom stereocenters. The van der Waals surface area contributed by atoms with Crippen molar-refractivity contribution in [2.45, 2.75) is 0 Å². The third kappa shape index (κ3) is 187. The van der Waals surface area contributed by atoms with E-state index in [0.717, 1.165) is 0 Å². The molecule has 0 amide bonds. The Bertz CT molecular complexity index is 15.7. The van der Waals surface area contributed by atoms with Crippen molar-refractivity contribution in [1.82, 2.24) is 0 Å². The molecule has 4 nitrogen and oxygen atoms in total. The van der Waals surface area contributed by atoms with Gasteiger partial charge in [-0.1, -0.05) is 0 Å². The summed E-state index contributed by atoms with van der Waals surface area (Å²) in [6.45, 7) is 0. The fraction of sp³-hybridized carbons (Fsp3) is 0. The molecular weight excluding hydrogens is 358 g/mol. The fourth-order valence-corrected chi connectivity index (χ4v) is 0. The molecule has 0 aromatic carbocycles. The van der Waals surface area contributed by atoms with Crippen molar-refractivity contribution < 1.29 is 0 Å². The summed E-state index contributed by atoms with van der Waals surface area (Å²) >= 11 is 0. The summed E-state index contributed by atoms with van der Waals surface area (Å²) in [5.74, 6) is 0. The Kier molecular flexibility index (Phi) is 8460. The van der Waals surface area contributed by atoms with Crippen LogP contribution in [0.1, 0.15) is 0 Å². The van der Waals surface area contributed by atoms with Crippen LogP contribution in [0.25, 0.3) is 24.6 Å². The molecule has 56 valence electrons. The second kappa shape index (κ2) is 254. The summed E-state index contributed by atoms with van der Waals surface area (Å²) in [6.07, 6.45) is 0. The molecule has 0 rings (SSSR count). The Morgan fingerprint density at radius 3 is 0.300 bits per heavy atom. The maximum atomic E-state index is 0. The second-order valence-corrected chi connectivity index (χ2v) is 0. The Morgan fingerprint density at radius 2 is 0.300 bits per heavy atom. The predicted octanol–water partition coefficient (Wildman–Crippen LogP) is -4.34. The molecule has 10 heavy (non-hydrogen) atoms. The van der Waals surface area contributed by atoms with Crippen LogP contribution in [0.15, 0.2) is 0 Å². The molecule has 0 heterocycles. The van der Waals surface area contributed by atoms with Crippen LogP contribution in [0.3, 0.4) is 0 Å². The number of hydrogen-bond acceptors (Lipinski definition) is 0. The van der Waals surface area contributed by atoms with Gasteiger partial charge in [0.25, 0.3) is 0 Å². The standard InChI is InChI=1S/3Ge.4N.3H4Si/h;;;;;;;3*1H4/q3*+4;4*-3;;;. The van der Waals surface area contributed by atoms with E-state index in [9.17, 15) is 0 Å². The van der Waals surface area contributed by atoms with Crippen molar-refractivity contribution in [3.05, 3.63) is 24.6 Å². The van der Waals surface area contributed by atoms with E-state index in [1.54, 1.807) is 0 Å². The number of rotatable bonds is 0. The quantitative estimate of drug-likeness (QED) is 0.383. The molecule has 0 saturated carbocycles. The van der Waals surface area contributed by atoms with Gasteiger partial charge in [-0.25, -0.2) is 0 Å². The Balaban J connectivity index is 0. The van der Waals surface area contributed by atoms with Gasteiger partial charge in [-0.05, 0) is 32.9 Å². The van der Waals surface area contributed by atoms with Gasteiger partial charge in [0.05, 0.1) is 0 Å². The molecule has 0 spiro atoms. The first-order valence-corrected chi connectivity index (χ1v) is 0. The molecule has 0 atom stereocenters. The zero-order valence-corrected chi connectivity index (χ0v) is 9.58. The molecule has 0 aromatic heterocycles. The van der Waals surface area contributed by atoms with Gasteiger partial charge in [0.15, 0.2) is 0 Å². The van der Waals surface area contributed by atoms with Gasteiger partial charge in [0.1, 0.15) is 0 Å². The number of nitrogens with zero attached hydrogens (tertiary/aromatic N) is 4. The van der Waals surface area contributed by atoms with Crippen LogP contribution in [0, 0.1) is 0 Å². The zero-order chi connectivity index (χ0) is 0. The van der Waals surface area contributed by atoms with Crippen LogP contribution in [-0.4, -0.2) is 85.7 Å². The van der Waals surface area contributed by atoms with Crippen LogP contribution >= 0.6 is 0 Å². The summed E-state index contributed by atoms with van der Waals surface area (Å²) < 4.78 is 0. The van der Waals surface area contributed by atoms with Gasteiger partial charge in [-0.3, -0.25) is 0 Å². The molecule has 0 aliphatic heterocycles. The first-order chi connectivity index (χ1) is 0. The second-order valence-electron chi connectivity index (χ2n) is 0. The fourth-order valence-electron chi connectivity index (χ4n) is 0. The summed E-state index contributed by atoms with van der Waals surface area (Å²) in [6, 6.07) is 0. The minimum absolute atomic E-state index is 0. The van der Waals surface area contributed by atoms with Crippen molar-refractivity contribution in [2.75, 3.05) is 0 Å². The Labute approximate surface area is 110 Å². The zero-order valence-electron chi connectivity index (χ0n) is 3.29. The first-order valence-electron chi connectivity index (χ1n) is 0. The van der Waals surface area contributed by atoms with Crippen molar-refractivity contribution in [3.8, 4) is 0 Å². The Hall–Kier alpha value is 2.12. The van der Waals surface area contributed by atoms with E-state index < -0.39 is 0 Å². The monoisotopic (exact) mass is 374 g/mol. The summed E-state index contributed by atoms with van der Waals surface area (Å²) in [5, 5.41) is 0. The topological polar surface area (TPSA) is 122 Å². The maximum absolute atomic E-state index is 0. The van der Waals surface area contributed by atoms with E-state index in [4.69, 9.17) is 0 Å². The van der Waals surface area contributed by atoms with Gasteiger partial charge in [0, 0.05) is 0 Å². The van der Waals surface area contributed by atoms with E-state index in [1.165, 1.54) is 0 Å². The molecular formula is H12Ge3N4Si3. The minimum Gasteiger partial charge on any atom is -3.00 e. The smallest absolute Gasteiger partial charge is 3.00 e. The molecule has 0 aliphatic rings. The molecule has 0 N–H and O–H groups in total. The molecule has 0 aliphatic carbocycles. The van der Waals surface area contributed by atoms with E-state index in [0.29, 0.717) is 0 Å². The molecule has 0 aromatic rings. The summed E-state index contributed by atoms with van der Waals surface area (Å²) in [7, 11) is 0. The Morgan fingerprint density at radius 1 is 0.300 bits per heavy atom. The van der Waals surface area contributed by atoms with Crippen LogP contribution in [-0.2, 0) is 0 Å². The molecule has 0 bridgehead atoms. The summed E-state index contributed by atoms with van der Waals surface area (Å²) in [5.41, 5.74) is 0. The number of hydrogen-bond donors (Lipinski definition) is 0. The van der Waals surface area contributed by atoms with Crippen molar-refractivity contribution in [3.63, 3.8) is 0 Å². The molecule has 0 radical (unpaired) electrons. The maximum Gasteiger partial charge on any atom is 4.00 e. The average Bonchev–Trinajstić information content (AvgIpc) is 0. The van der Waals surface area contributed by atoms with Crippen molar-refractivity contribution in [1.29, 1.82) is 0 Å². The largest absolute Gasteiger partial charge is 4.00 e. The first kappa shape index (κ1) is 334. The van der Waals surface area contributed by atoms with Gasteiger partial charge in [-0.2, -0.15) is 0 Å². The normalized spacial score (nSPS) is 0. The summed E-state index contributed by atoms with van der Waals surface area (Å²) in [4.78, 5) is 0. The predicted molar refractivity (Wildman–Crippen MR) is 64.7 cm³/mol. The van der Waals surface area contributed by atoms with Gasteiger partial charge in [0.2, 0.25) is 0 Å². The van der Waals surface area contributed by atoms with Crippen molar-refractivity contribution in [2.24, 2.45) is 0 Å². The molecule has 10 heteroatoms. The molecule has 0 fully saturated rings. The third-order valence-corrected chi connectivity index (χ3v) is 0. The van der Waals surface area contributed by atoms with Crippen LogP contribution in [0.4, 0.5) is 0 Å². The van der Waals surface area contributed by atoms with Crippen molar-refractivity contribution >= 4 is 85.7 Å². The average molecular weight is 370 g/mol. The van der Waals surface area contributed by atoms with Gasteiger partial charge >= 0.3 is 52.8 Å². The molecule has 0 saturated heterocycles. The van der Waals surface area contributed by atoms with Crippen LogP contribution < -0.4 is 0 Å². The van der Waals surface area contributed by atoms with Gasteiger partial charge < -0.3 is 24.6 Å². The SMILES string of the molecule is [Ge+4].[Ge+4].[Ge+4].[N-3].[N-3].[N-3].[N-3].[SiH4].[SiH4].[SiH4]. The van der Waals surface area contributed by atoms with Crippen LogP contribution in [0.2, 0.25) is 0 Å². The van der Waals surface area contributed by atoms with Crippen LogP contribution in [0.5, 0.6) is 0 Å². The van der Waals surface area contributed by atoms with E-state index in [-0.39, 0.29) is 110 Å². The minimum atomic E-state index is 0. The van der Waals surface area contributed by atoms with Gasteiger partial charge in [-0.15, -0.1) is 0 Å². The van der Waals surface area contributed by atoms with E-state index >= 15 is 0 Å². The van der Waals surface area contributed by atoms with E-state index in [1.807, 2.05) is 0 Å². The van der Waals surface area contributed by atoms with E-state index in [2.05, 4.69) is 0 Å². The third-order valence-electron chi connectivity index (χ3n) is 0.